The van der Waals surface area contributed by atoms with Crippen LogP contribution in [-0.4, -0.2) is 41.1 Å². The smallest absolute Gasteiger partial charge is 0.255 e. The van der Waals surface area contributed by atoms with Crippen molar-refractivity contribution in [2.24, 2.45) is 0 Å². The van der Waals surface area contributed by atoms with Gasteiger partial charge < -0.3 is 20.1 Å². The number of ether oxygens (including phenoxy) is 2. The van der Waals surface area contributed by atoms with Gasteiger partial charge in [0, 0.05) is 11.3 Å². The lowest BCUT2D eigenvalue weighted by Crippen LogP contribution is -2.31. The standard InChI is InChI=1S/C22H23N5O3S/c1-13-18(20(28)24-15-10-6-8-12-17(15)30-3)19(14-9-5-7-11-16(14)29-2)27-21(23-13)25-22(26-27)31-4/h5-12,19H,1-4H3,(H,24,28)(H,23,25,26). The van der Waals surface area contributed by atoms with Crippen LogP contribution in [0.1, 0.15) is 18.5 Å². The van der Waals surface area contributed by atoms with Gasteiger partial charge in [0.05, 0.1) is 25.5 Å². The highest BCUT2D eigenvalue weighted by Gasteiger charge is 2.36. The number of carbonyl (C=O) groups is 1. The summed E-state index contributed by atoms with van der Waals surface area (Å²) in [6.45, 7) is 1.86. The first-order valence-electron chi connectivity index (χ1n) is 9.63. The van der Waals surface area contributed by atoms with Crippen molar-refractivity contribution in [2.45, 2.75) is 18.1 Å². The van der Waals surface area contributed by atoms with Crippen LogP contribution in [-0.2, 0) is 4.79 Å². The molecule has 1 aliphatic rings. The Morgan fingerprint density at radius 3 is 2.48 bits per heavy atom. The molecule has 1 amide bonds. The number of aromatic nitrogens is 3. The average molecular weight is 438 g/mol. The van der Waals surface area contributed by atoms with Gasteiger partial charge in [-0.1, -0.05) is 42.1 Å². The summed E-state index contributed by atoms with van der Waals surface area (Å²) >= 11 is 1.44. The number of amides is 1. The van der Waals surface area contributed by atoms with Crippen LogP contribution >= 0.6 is 11.8 Å². The SMILES string of the molecule is COc1ccccc1NC(=O)C1=C(C)Nc2nc(SC)nn2C1c1ccccc1OC. The summed E-state index contributed by atoms with van der Waals surface area (Å²) < 4.78 is 12.7. The molecule has 3 aromatic rings. The molecule has 1 unspecified atom stereocenters. The zero-order valence-corrected chi connectivity index (χ0v) is 18.5. The Kier molecular flexibility index (Phi) is 5.85. The maximum absolute atomic E-state index is 13.5. The number of rotatable bonds is 6. The van der Waals surface area contributed by atoms with Crippen molar-refractivity contribution in [3.05, 3.63) is 65.4 Å². The zero-order valence-electron chi connectivity index (χ0n) is 17.7. The van der Waals surface area contributed by atoms with E-state index in [-0.39, 0.29) is 5.91 Å². The number of allylic oxidation sites excluding steroid dienone is 1. The predicted molar refractivity (Wildman–Crippen MR) is 121 cm³/mol. The minimum atomic E-state index is -0.518. The maximum atomic E-state index is 13.5. The second-order valence-electron chi connectivity index (χ2n) is 6.83. The van der Waals surface area contributed by atoms with Crippen LogP contribution in [0.2, 0.25) is 0 Å². The molecule has 1 aliphatic heterocycles. The fourth-order valence-corrected chi connectivity index (χ4v) is 3.98. The van der Waals surface area contributed by atoms with Crippen LogP contribution in [0.5, 0.6) is 11.5 Å². The third kappa shape index (κ3) is 3.84. The van der Waals surface area contributed by atoms with Crippen LogP contribution in [0, 0.1) is 0 Å². The Morgan fingerprint density at radius 2 is 1.77 bits per heavy atom. The summed E-state index contributed by atoms with van der Waals surface area (Å²) in [6, 6.07) is 14.4. The molecule has 0 bridgehead atoms. The van der Waals surface area contributed by atoms with E-state index in [1.165, 1.54) is 11.8 Å². The van der Waals surface area contributed by atoms with E-state index in [0.29, 0.717) is 39.6 Å². The van der Waals surface area contributed by atoms with Gasteiger partial charge in [-0.25, -0.2) is 4.68 Å². The first-order valence-corrected chi connectivity index (χ1v) is 10.9. The topological polar surface area (TPSA) is 90.3 Å². The fraction of sp³-hybridized carbons (Fsp3) is 0.227. The molecule has 2 aromatic carbocycles. The summed E-state index contributed by atoms with van der Waals surface area (Å²) in [4.78, 5) is 18.1. The molecule has 4 rings (SSSR count). The molecule has 0 radical (unpaired) electrons. The van der Waals surface area contributed by atoms with Gasteiger partial charge in [-0.2, -0.15) is 4.98 Å². The van der Waals surface area contributed by atoms with Crippen LogP contribution in [0.4, 0.5) is 11.6 Å². The number of carbonyl (C=O) groups excluding carboxylic acids is 1. The van der Waals surface area contributed by atoms with Crippen molar-refractivity contribution in [3.63, 3.8) is 0 Å². The minimum Gasteiger partial charge on any atom is -0.496 e. The largest absolute Gasteiger partial charge is 0.496 e. The van der Waals surface area contributed by atoms with Gasteiger partial charge >= 0.3 is 0 Å². The van der Waals surface area contributed by atoms with Crippen molar-refractivity contribution in [2.75, 3.05) is 31.1 Å². The Morgan fingerprint density at radius 1 is 1.10 bits per heavy atom. The van der Waals surface area contributed by atoms with Gasteiger partial charge in [0.2, 0.25) is 11.1 Å². The lowest BCUT2D eigenvalue weighted by atomic mass is 9.94. The van der Waals surface area contributed by atoms with Crippen LogP contribution in [0.15, 0.2) is 65.0 Å². The molecule has 31 heavy (non-hydrogen) atoms. The number of hydrogen-bond donors (Lipinski definition) is 2. The minimum absolute atomic E-state index is 0.266. The Labute approximate surface area is 184 Å². The summed E-state index contributed by atoms with van der Waals surface area (Å²) in [5, 5.41) is 11.4. The Balaban J connectivity index is 1.83. The monoisotopic (exact) mass is 437 g/mol. The van der Waals surface area contributed by atoms with Crippen molar-refractivity contribution in [1.82, 2.24) is 14.8 Å². The predicted octanol–water partition coefficient (Wildman–Crippen LogP) is 3.94. The summed E-state index contributed by atoms with van der Waals surface area (Å²) in [7, 11) is 3.18. The van der Waals surface area contributed by atoms with Gasteiger partial charge in [-0.15, -0.1) is 5.10 Å². The van der Waals surface area contributed by atoms with Gasteiger partial charge in [0.1, 0.15) is 17.5 Å². The normalized spacial score (nSPS) is 15.2. The first kappa shape index (κ1) is 20.8. The van der Waals surface area contributed by atoms with Gasteiger partial charge in [0.15, 0.2) is 0 Å². The number of fused-ring (bicyclic) bond motifs is 1. The van der Waals surface area contributed by atoms with Crippen molar-refractivity contribution in [1.29, 1.82) is 0 Å². The van der Waals surface area contributed by atoms with Crippen molar-refractivity contribution in [3.8, 4) is 11.5 Å². The van der Waals surface area contributed by atoms with E-state index < -0.39 is 6.04 Å². The van der Waals surface area contributed by atoms with Gasteiger partial charge in [0.25, 0.3) is 5.91 Å². The van der Waals surface area contributed by atoms with E-state index in [0.717, 1.165) is 5.56 Å². The highest BCUT2D eigenvalue weighted by atomic mass is 32.2. The lowest BCUT2D eigenvalue weighted by molar-refractivity contribution is -0.113. The third-order valence-corrected chi connectivity index (χ3v) is 5.59. The first-order chi connectivity index (χ1) is 15.1. The highest BCUT2D eigenvalue weighted by Crippen LogP contribution is 2.40. The molecule has 1 atom stereocenters. The molecule has 0 fully saturated rings. The second-order valence-corrected chi connectivity index (χ2v) is 7.60. The Hall–Kier alpha value is -3.46. The molecule has 0 saturated carbocycles. The number of benzene rings is 2. The molecular formula is C22H23N5O3S. The number of para-hydroxylation sites is 3. The summed E-state index contributed by atoms with van der Waals surface area (Å²) in [6.07, 6.45) is 1.91. The van der Waals surface area contributed by atoms with Crippen molar-refractivity contribution < 1.29 is 14.3 Å². The molecule has 0 aliphatic carbocycles. The number of thioether (sulfide) groups is 1. The Bertz CT molecular complexity index is 1160. The molecule has 2 N–H and O–H groups in total. The molecule has 0 saturated heterocycles. The third-order valence-electron chi connectivity index (χ3n) is 5.05. The van der Waals surface area contributed by atoms with Crippen LogP contribution < -0.4 is 20.1 Å². The highest BCUT2D eigenvalue weighted by molar-refractivity contribution is 7.98. The van der Waals surface area contributed by atoms with E-state index >= 15 is 0 Å². The average Bonchev–Trinajstić information content (AvgIpc) is 3.21. The fourth-order valence-electron chi connectivity index (χ4n) is 3.63. The quantitative estimate of drug-likeness (QED) is 0.565. The number of anilines is 2. The zero-order chi connectivity index (χ0) is 22.0. The number of hydrogen-bond acceptors (Lipinski definition) is 7. The number of nitrogens with one attached hydrogen (secondary N) is 2. The van der Waals surface area contributed by atoms with Crippen molar-refractivity contribution >= 4 is 29.3 Å². The maximum Gasteiger partial charge on any atom is 0.255 e. The van der Waals surface area contributed by atoms with Crippen LogP contribution in [0.3, 0.4) is 0 Å². The number of methoxy groups -OCH3 is 2. The van der Waals surface area contributed by atoms with Crippen LogP contribution in [0.25, 0.3) is 0 Å². The van der Waals surface area contributed by atoms with E-state index in [1.54, 1.807) is 31.0 Å². The van der Waals surface area contributed by atoms with E-state index in [2.05, 4.69) is 20.7 Å². The molecular weight excluding hydrogens is 414 g/mol. The number of nitrogens with zero attached hydrogens (tertiary/aromatic N) is 3. The summed E-state index contributed by atoms with van der Waals surface area (Å²) in [5.74, 6) is 1.55. The van der Waals surface area contributed by atoms with E-state index in [9.17, 15) is 4.79 Å². The lowest BCUT2D eigenvalue weighted by Gasteiger charge is -2.29. The molecule has 9 heteroatoms. The van der Waals surface area contributed by atoms with E-state index in [4.69, 9.17) is 9.47 Å². The molecule has 1 aromatic heterocycles. The molecule has 0 spiro atoms. The van der Waals surface area contributed by atoms with E-state index in [1.807, 2.05) is 49.6 Å². The van der Waals surface area contributed by atoms with Gasteiger partial charge in [-0.05, 0) is 31.4 Å². The molecule has 2 heterocycles. The summed E-state index contributed by atoms with van der Waals surface area (Å²) in [5.41, 5.74) is 2.61. The molecule has 8 nitrogen and oxygen atoms in total. The molecule has 160 valence electrons. The second kappa shape index (κ2) is 8.73. The van der Waals surface area contributed by atoms with Gasteiger partial charge in [-0.3, -0.25) is 4.79 Å².